The molecule has 17 heavy (non-hydrogen) atoms. The number of aliphatic imine (C=N–C) groups is 1. The average molecular weight is 353 g/mol. The summed E-state index contributed by atoms with van der Waals surface area (Å²) in [6.07, 6.45) is 7.25. The van der Waals surface area contributed by atoms with Crippen LogP contribution in [0.3, 0.4) is 0 Å². The third kappa shape index (κ3) is 13.5. The van der Waals surface area contributed by atoms with Gasteiger partial charge in [0.15, 0.2) is 5.96 Å². The van der Waals surface area contributed by atoms with Crippen LogP contribution in [0.15, 0.2) is 4.99 Å². The molecule has 0 aromatic rings. The lowest BCUT2D eigenvalue weighted by atomic mass is 10.3. The minimum atomic E-state index is 0. The lowest BCUT2D eigenvalue weighted by Crippen LogP contribution is -2.37. The van der Waals surface area contributed by atoms with Gasteiger partial charge in [0, 0.05) is 26.3 Å². The van der Waals surface area contributed by atoms with E-state index in [1.807, 2.05) is 13.8 Å². The molecule has 0 aliphatic rings. The fourth-order valence-corrected chi connectivity index (χ4v) is 1.13. The van der Waals surface area contributed by atoms with Gasteiger partial charge in [0.25, 0.3) is 0 Å². The van der Waals surface area contributed by atoms with Gasteiger partial charge < -0.3 is 15.4 Å². The largest absolute Gasteiger partial charge is 0.382 e. The summed E-state index contributed by atoms with van der Waals surface area (Å²) in [5.41, 5.74) is 0. The molecule has 100 valence electrons. The smallest absolute Gasteiger partial charge is 0.192 e. The highest BCUT2D eigenvalue weighted by molar-refractivity contribution is 14.0. The molecular weight excluding hydrogens is 329 g/mol. The van der Waals surface area contributed by atoms with E-state index < -0.39 is 0 Å². The number of guanidine groups is 1. The fraction of sp³-hybridized carbons (Fsp3) is 0.750. The minimum Gasteiger partial charge on any atom is -0.382 e. The van der Waals surface area contributed by atoms with Crippen molar-refractivity contribution in [2.45, 2.75) is 26.7 Å². The number of hydrogen-bond donors (Lipinski definition) is 2. The highest BCUT2D eigenvalue weighted by Crippen LogP contribution is 1.90. The molecule has 0 saturated heterocycles. The summed E-state index contributed by atoms with van der Waals surface area (Å²) >= 11 is 0. The van der Waals surface area contributed by atoms with Gasteiger partial charge in [-0.1, -0.05) is 5.92 Å². The second-order valence-electron chi connectivity index (χ2n) is 3.22. The van der Waals surface area contributed by atoms with E-state index in [2.05, 4.69) is 21.5 Å². The molecule has 0 saturated carbocycles. The van der Waals surface area contributed by atoms with Crippen molar-refractivity contribution in [2.24, 2.45) is 4.99 Å². The number of nitrogens with one attached hydrogen (secondary N) is 2. The Balaban J connectivity index is 0. The molecule has 0 aliphatic heterocycles. The summed E-state index contributed by atoms with van der Waals surface area (Å²) in [6, 6.07) is 0. The Labute approximate surface area is 122 Å². The van der Waals surface area contributed by atoms with E-state index in [-0.39, 0.29) is 24.0 Å². The van der Waals surface area contributed by atoms with Crippen LogP contribution in [0.2, 0.25) is 0 Å². The normalized spacial score (nSPS) is 10.3. The maximum Gasteiger partial charge on any atom is 0.192 e. The number of nitrogens with zero attached hydrogens (tertiary/aromatic N) is 1. The monoisotopic (exact) mass is 353 g/mol. The molecule has 0 amide bonds. The first-order valence-corrected chi connectivity index (χ1v) is 5.88. The molecule has 4 nitrogen and oxygen atoms in total. The van der Waals surface area contributed by atoms with Crippen LogP contribution in [-0.4, -0.2) is 38.8 Å². The van der Waals surface area contributed by atoms with Crippen molar-refractivity contribution in [3.05, 3.63) is 0 Å². The lowest BCUT2D eigenvalue weighted by molar-refractivity contribution is 0.144. The topological polar surface area (TPSA) is 45.7 Å². The second-order valence-corrected chi connectivity index (χ2v) is 3.22. The molecule has 0 aliphatic carbocycles. The van der Waals surface area contributed by atoms with Crippen molar-refractivity contribution in [3.63, 3.8) is 0 Å². The maximum absolute atomic E-state index is 5.25. The maximum atomic E-state index is 5.25. The molecule has 0 rings (SSSR count). The van der Waals surface area contributed by atoms with Gasteiger partial charge in [-0.3, -0.25) is 4.99 Å². The number of terminal acetylenes is 1. The summed E-state index contributed by atoms with van der Waals surface area (Å²) in [7, 11) is 0. The van der Waals surface area contributed by atoms with E-state index in [1.165, 1.54) is 0 Å². The minimum absolute atomic E-state index is 0. The van der Waals surface area contributed by atoms with Gasteiger partial charge in [0.05, 0.1) is 6.54 Å². The highest BCUT2D eigenvalue weighted by Gasteiger charge is 1.94. The summed E-state index contributed by atoms with van der Waals surface area (Å²) in [6.45, 7) is 7.79. The van der Waals surface area contributed by atoms with Gasteiger partial charge in [0.1, 0.15) is 0 Å². The number of hydrogen-bond acceptors (Lipinski definition) is 2. The highest BCUT2D eigenvalue weighted by atomic mass is 127. The summed E-state index contributed by atoms with van der Waals surface area (Å²) in [5.74, 6) is 3.31. The average Bonchev–Trinajstić information content (AvgIpc) is 2.30. The predicted octanol–water partition coefficient (Wildman–Crippen LogP) is 1.61. The van der Waals surface area contributed by atoms with E-state index in [4.69, 9.17) is 11.2 Å². The molecule has 0 radical (unpaired) electrons. The number of rotatable bonds is 8. The molecule has 0 unspecified atom stereocenters. The van der Waals surface area contributed by atoms with E-state index >= 15 is 0 Å². The number of ether oxygens (including phenoxy) is 1. The Kier molecular flexibility index (Phi) is 17.2. The van der Waals surface area contributed by atoms with Gasteiger partial charge in [-0.25, -0.2) is 0 Å². The van der Waals surface area contributed by atoms with Crippen molar-refractivity contribution in [2.75, 3.05) is 32.8 Å². The Morgan fingerprint density at radius 3 is 2.65 bits per heavy atom. The van der Waals surface area contributed by atoms with Crippen LogP contribution in [0, 0.1) is 12.3 Å². The van der Waals surface area contributed by atoms with Crippen LogP contribution in [0.25, 0.3) is 0 Å². The first-order chi connectivity index (χ1) is 7.85. The first-order valence-electron chi connectivity index (χ1n) is 5.88. The molecule has 0 fully saturated rings. The first kappa shape index (κ1) is 18.9. The summed E-state index contributed by atoms with van der Waals surface area (Å²) in [5, 5.41) is 6.18. The molecule has 0 heterocycles. The van der Waals surface area contributed by atoms with Crippen molar-refractivity contribution < 1.29 is 4.74 Å². The van der Waals surface area contributed by atoms with E-state index in [0.717, 1.165) is 45.1 Å². The molecule has 2 N–H and O–H groups in total. The van der Waals surface area contributed by atoms with Gasteiger partial charge in [-0.05, 0) is 26.7 Å². The van der Waals surface area contributed by atoms with Crippen LogP contribution in [0.5, 0.6) is 0 Å². The van der Waals surface area contributed by atoms with Crippen LogP contribution in [0.1, 0.15) is 26.7 Å². The van der Waals surface area contributed by atoms with Gasteiger partial charge >= 0.3 is 0 Å². The zero-order valence-electron chi connectivity index (χ0n) is 10.8. The zero-order valence-corrected chi connectivity index (χ0v) is 13.1. The Morgan fingerprint density at radius 2 is 2.06 bits per heavy atom. The second kappa shape index (κ2) is 15.5. The molecule has 0 aromatic heterocycles. The van der Waals surface area contributed by atoms with E-state index in [9.17, 15) is 0 Å². The van der Waals surface area contributed by atoms with E-state index in [1.54, 1.807) is 0 Å². The number of halogens is 1. The Hall–Kier alpha value is -0.480. The molecule has 0 spiro atoms. The summed E-state index contributed by atoms with van der Waals surface area (Å²) in [4.78, 5) is 4.39. The van der Waals surface area contributed by atoms with Crippen LogP contribution >= 0.6 is 24.0 Å². The van der Waals surface area contributed by atoms with Gasteiger partial charge in [0.2, 0.25) is 0 Å². The molecule has 0 atom stereocenters. The molecule has 5 heteroatoms. The van der Waals surface area contributed by atoms with E-state index in [0.29, 0.717) is 6.54 Å². The Morgan fingerprint density at radius 1 is 1.29 bits per heavy atom. The summed E-state index contributed by atoms with van der Waals surface area (Å²) < 4.78 is 5.25. The van der Waals surface area contributed by atoms with Crippen LogP contribution in [0.4, 0.5) is 0 Å². The molecule has 0 aromatic carbocycles. The third-order valence-corrected chi connectivity index (χ3v) is 1.87. The van der Waals surface area contributed by atoms with Gasteiger partial charge in [-0.15, -0.1) is 30.4 Å². The number of unbranched alkanes of at least 4 members (excludes halogenated alkanes) is 1. The van der Waals surface area contributed by atoms with Crippen molar-refractivity contribution in [1.29, 1.82) is 0 Å². The van der Waals surface area contributed by atoms with Crippen molar-refractivity contribution in [1.82, 2.24) is 10.6 Å². The molecule has 0 bridgehead atoms. The van der Waals surface area contributed by atoms with Crippen molar-refractivity contribution in [3.8, 4) is 12.3 Å². The lowest BCUT2D eigenvalue weighted by Gasteiger charge is -2.08. The van der Waals surface area contributed by atoms with Crippen LogP contribution < -0.4 is 10.6 Å². The fourth-order valence-electron chi connectivity index (χ4n) is 1.13. The third-order valence-electron chi connectivity index (χ3n) is 1.87. The quantitative estimate of drug-likeness (QED) is 0.229. The van der Waals surface area contributed by atoms with Crippen molar-refractivity contribution >= 4 is 29.9 Å². The van der Waals surface area contributed by atoms with Crippen LogP contribution in [-0.2, 0) is 4.74 Å². The standard InChI is InChI=1S/C12H23N3O.HI/c1-4-9-14-12(13-5-2)15-10-7-8-11-16-6-3;/h1H,5-11H2,2-3H3,(H2,13,14,15);1H. The zero-order chi connectivity index (χ0) is 12.1. The molecular formula is C12H24IN3O. The SMILES string of the molecule is C#CCNC(=NCCCCOCC)NCC.I. The Bertz CT molecular complexity index is 226. The predicted molar refractivity (Wildman–Crippen MR) is 84.0 cm³/mol. The van der Waals surface area contributed by atoms with Gasteiger partial charge in [-0.2, -0.15) is 0 Å².